The fraction of sp³-hybridized carbons (Fsp3) is 0.300. The van der Waals surface area contributed by atoms with E-state index in [4.69, 9.17) is 16.3 Å². The zero-order valence-corrected chi connectivity index (χ0v) is 9.11. The van der Waals surface area contributed by atoms with E-state index in [1.165, 1.54) is 0 Å². The van der Waals surface area contributed by atoms with E-state index >= 15 is 0 Å². The maximum absolute atomic E-state index is 10.7. The number of methoxy groups -OCH3 is 1. The van der Waals surface area contributed by atoms with Gasteiger partial charge in [-0.15, -0.1) is 0 Å². The largest absolute Gasteiger partial charge is 0.496 e. The predicted octanol–water partition coefficient (Wildman–Crippen LogP) is 3.08. The van der Waals surface area contributed by atoms with Crippen LogP contribution in [0.5, 0.6) is 5.75 Å². The fourth-order valence-electron chi connectivity index (χ4n) is 1.25. The van der Waals surface area contributed by atoms with E-state index in [1.807, 2.05) is 26.0 Å². The molecule has 4 heteroatoms. The number of halogens is 1. The Balaban J connectivity index is 3.08. The van der Waals surface area contributed by atoms with Crippen LogP contribution in [0.15, 0.2) is 12.1 Å². The van der Waals surface area contributed by atoms with Gasteiger partial charge in [-0.3, -0.25) is 4.79 Å². The minimum atomic E-state index is -0.585. The molecule has 3 nitrogen and oxygen atoms in total. The SMILES string of the molecule is COc1cc(C)c(NC(=O)Cl)cc1C. The number of aryl methyl sites for hydroxylation is 2. The molecule has 0 spiro atoms. The lowest BCUT2D eigenvalue weighted by Gasteiger charge is -2.10. The molecule has 0 aromatic heterocycles. The third-order valence-corrected chi connectivity index (χ3v) is 2.07. The van der Waals surface area contributed by atoms with Gasteiger partial charge in [0.25, 0.3) is 0 Å². The van der Waals surface area contributed by atoms with Gasteiger partial charge in [-0.2, -0.15) is 0 Å². The lowest BCUT2D eigenvalue weighted by atomic mass is 10.1. The summed E-state index contributed by atoms with van der Waals surface area (Å²) in [6.07, 6.45) is 0. The van der Waals surface area contributed by atoms with Gasteiger partial charge < -0.3 is 10.1 Å². The van der Waals surface area contributed by atoms with Gasteiger partial charge in [0.1, 0.15) is 5.75 Å². The average molecular weight is 214 g/mol. The van der Waals surface area contributed by atoms with Gasteiger partial charge in [0.15, 0.2) is 0 Å². The van der Waals surface area contributed by atoms with Crippen molar-refractivity contribution >= 4 is 22.7 Å². The van der Waals surface area contributed by atoms with Crippen LogP contribution in [0.2, 0.25) is 0 Å². The molecule has 1 aromatic carbocycles. The summed E-state index contributed by atoms with van der Waals surface area (Å²) in [6, 6.07) is 3.69. The summed E-state index contributed by atoms with van der Waals surface area (Å²) >= 11 is 5.23. The Kier molecular flexibility index (Phi) is 3.36. The van der Waals surface area contributed by atoms with Crippen molar-refractivity contribution in [1.29, 1.82) is 0 Å². The second-order valence-electron chi connectivity index (χ2n) is 3.04. The van der Waals surface area contributed by atoms with E-state index in [-0.39, 0.29) is 0 Å². The molecule has 0 atom stereocenters. The summed E-state index contributed by atoms with van der Waals surface area (Å²) in [6.45, 7) is 3.78. The maximum Gasteiger partial charge on any atom is 0.318 e. The molecule has 0 saturated carbocycles. The number of carbonyl (C=O) groups excluding carboxylic acids is 1. The Morgan fingerprint density at radius 3 is 2.50 bits per heavy atom. The molecular formula is C10H12ClNO2. The van der Waals surface area contributed by atoms with Crippen LogP contribution in [0.4, 0.5) is 10.5 Å². The van der Waals surface area contributed by atoms with Gasteiger partial charge in [0.05, 0.1) is 7.11 Å². The van der Waals surface area contributed by atoms with Crippen LogP contribution in [0.3, 0.4) is 0 Å². The number of benzene rings is 1. The number of carbonyl (C=O) groups is 1. The Bertz CT molecular complexity index is 363. The number of hydrogen-bond donors (Lipinski definition) is 1. The molecule has 14 heavy (non-hydrogen) atoms. The second-order valence-corrected chi connectivity index (χ2v) is 3.38. The van der Waals surface area contributed by atoms with Crippen molar-refractivity contribution in [2.45, 2.75) is 13.8 Å². The van der Waals surface area contributed by atoms with Gasteiger partial charge in [-0.1, -0.05) is 0 Å². The lowest BCUT2D eigenvalue weighted by Crippen LogP contribution is -2.03. The Hall–Kier alpha value is -1.22. The van der Waals surface area contributed by atoms with E-state index in [0.717, 1.165) is 16.9 Å². The van der Waals surface area contributed by atoms with E-state index < -0.39 is 5.37 Å². The van der Waals surface area contributed by atoms with Crippen molar-refractivity contribution in [3.63, 3.8) is 0 Å². The molecule has 1 rings (SSSR count). The second kappa shape index (κ2) is 4.33. The Morgan fingerprint density at radius 1 is 1.36 bits per heavy atom. The zero-order chi connectivity index (χ0) is 10.7. The van der Waals surface area contributed by atoms with E-state index in [2.05, 4.69) is 5.32 Å². The standard InChI is InChI=1S/C10H12ClNO2/c1-6-5-9(14-3)7(2)4-8(6)12-10(11)13/h4-5H,1-3H3,(H,12,13). The molecule has 76 valence electrons. The van der Waals surface area contributed by atoms with Crippen molar-refractivity contribution < 1.29 is 9.53 Å². The van der Waals surface area contributed by atoms with Crippen molar-refractivity contribution in [2.24, 2.45) is 0 Å². The van der Waals surface area contributed by atoms with Crippen LogP contribution >= 0.6 is 11.6 Å². The molecule has 0 bridgehead atoms. The molecule has 0 heterocycles. The highest BCUT2D eigenvalue weighted by Crippen LogP contribution is 2.25. The molecule has 0 aliphatic rings. The van der Waals surface area contributed by atoms with Crippen LogP contribution in [-0.2, 0) is 0 Å². The highest BCUT2D eigenvalue weighted by atomic mass is 35.5. The number of ether oxygens (including phenoxy) is 1. The first-order chi connectivity index (χ1) is 6.54. The molecule has 1 amide bonds. The molecular weight excluding hydrogens is 202 g/mol. The van der Waals surface area contributed by atoms with Crippen molar-refractivity contribution in [2.75, 3.05) is 12.4 Å². The smallest absolute Gasteiger partial charge is 0.318 e. The van der Waals surface area contributed by atoms with Crippen LogP contribution in [-0.4, -0.2) is 12.5 Å². The molecule has 0 unspecified atom stereocenters. The number of rotatable bonds is 2. The number of amides is 1. The zero-order valence-electron chi connectivity index (χ0n) is 8.35. The van der Waals surface area contributed by atoms with E-state index in [9.17, 15) is 4.79 Å². The van der Waals surface area contributed by atoms with E-state index in [0.29, 0.717) is 5.69 Å². The molecule has 0 aliphatic heterocycles. The lowest BCUT2D eigenvalue weighted by molar-refractivity contribution is 0.269. The first-order valence-corrected chi connectivity index (χ1v) is 4.54. The highest BCUT2D eigenvalue weighted by molar-refractivity contribution is 6.65. The first kappa shape index (κ1) is 10.9. The predicted molar refractivity (Wildman–Crippen MR) is 57.3 cm³/mol. The summed E-state index contributed by atoms with van der Waals surface area (Å²) in [5.74, 6) is 0.801. The Morgan fingerprint density at radius 2 is 2.00 bits per heavy atom. The van der Waals surface area contributed by atoms with Crippen LogP contribution in [0.25, 0.3) is 0 Å². The number of anilines is 1. The van der Waals surface area contributed by atoms with Gasteiger partial charge in [0, 0.05) is 5.69 Å². The molecule has 1 aromatic rings. The Labute approximate surface area is 88.0 Å². The first-order valence-electron chi connectivity index (χ1n) is 4.16. The minimum absolute atomic E-state index is 0.585. The van der Waals surface area contributed by atoms with Crippen LogP contribution in [0.1, 0.15) is 11.1 Å². The monoisotopic (exact) mass is 213 g/mol. The van der Waals surface area contributed by atoms with E-state index in [1.54, 1.807) is 7.11 Å². The van der Waals surface area contributed by atoms with Crippen molar-refractivity contribution in [1.82, 2.24) is 0 Å². The van der Waals surface area contributed by atoms with Gasteiger partial charge >= 0.3 is 5.37 Å². The van der Waals surface area contributed by atoms with Gasteiger partial charge in [-0.05, 0) is 48.7 Å². The van der Waals surface area contributed by atoms with Crippen molar-refractivity contribution in [3.05, 3.63) is 23.3 Å². The van der Waals surface area contributed by atoms with Gasteiger partial charge in [-0.25, -0.2) is 0 Å². The van der Waals surface area contributed by atoms with Crippen molar-refractivity contribution in [3.8, 4) is 5.75 Å². The minimum Gasteiger partial charge on any atom is -0.496 e. The normalized spacial score (nSPS) is 9.71. The third kappa shape index (κ3) is 2.39. The molecule has 0 saturated heterocycles. The quantitative estimate of drug-likeness (QED) is 0.606. The number of nitrogens with one attached hydrogen (secondary N) is 1. The molecule has 0 fully saturated rings. The fourth-order valence-corrected chi connectivity index (χ4v) is 1.35. The van der Waals surface area contributed by atoms with Crippen LogP contribution in [0, 0.1) is 13.8 Å². The molecule has 0 radical (unpaired) electrons. The third-order valence-electron chi connectivity index (χ3n) is 1.97. The van der Waals surface area contributed by atoms with Crippen LogP contribution < -0.4 is 10.1 Å². The average Bonchev–Trinajstić information content (AvgIpc) is 2.10. The summed E-state index contributed by atoms with van der Waals surface area (Å²) < 4.78 is 5.14. The summed E-state index contributed by atoms with van der Waals surface area (Å²) in [4.78, 5) is 10.7. The topological polar surface area (TPSA) is 38.3 Å². The summed E-state index contributed by atoms with van der Waals surface area (Å²) in [5.41, 5.74) is 2.59. The van der Waals surface area contributed by atoms with Gasteiger partial charge in [0.2, 0.25) is 0 Å². The molecule has 1 N–H and O–H groups in total. The summed E-state index contributed by atoms with van der Waals surface area (Å²) in [7, 11) is 1.61. The number of hydrogen-bond acceptors (Lipinski definition) is 2. The summed E-state index contributed by atoms with van der Waals surface area (Å²) in [5, 5.41) is 1.95. The maximum atomic E-state index is 10.7. The molecule has 0 aliphatic carbocycles. The highest BCUT2D eigenvalue weighted by Gasteiger charge is 2.06.